The summed E-state index contributed by atoms with van der Waals surface area (Å²) < 4.78 is 14.8. The Morgan fingerprint density at radius 3 is 2.29 bits per heavy atom. The lowest BCUT2D eigenvalue weighted by molar-refractivity contribution is 0.326. The van der Waals surface area contributed by atoms with Crippen LogP contribution in [0.1, 0.15) is 32.0 Å². The van der Waals surface area contributed by atoms with Crippen molar-refractivity contribution >= 4 is 22.4 Å². The van der Waals surface area contributed by atoms with Crippen LogP contribution in [-0.2, 0) is 15.4 Å². The molecule has 0 radical (unpaired) electrons. The molecule has 4 nitrogen and oxygen atoms in total. The van der Waals surface area contributed by atoms with E-state index in [2.05, 4.69) is 99.6 Å². The van der Waals surface area contributed by atoms with Crippen LogP contribution in [0, 0.1) is 0 Å². The van der Waals surface area contributed by atoms with Gasteiger partial charge in [-0.15, -0.1) is 0 Å². The molecule has 1 aromatic carbocycles. The molecule has 0 saturated carbocycles. The Hall–Kier alpha value is -1.64. The maximum absolute atomic E-state index is 6.35. The number of imidazole rings is 1. The molecule has 0 aliphatic carbocycles. The summed E-state index contributed by atoms with van der Waals surface area (Å²) in [7, 11) is -3.55. The van der Waals surface area contributed by atoms with Gasteiger partial charge in [0.2, 0.25) is 8.32 Å². The van der Waals surface area contributed by atoms with Crippen LogP contribution < -0.4 is 0 Å². The smallest absolute Gasteiger partial charge is 0.242 e. The second-order valence-corrected chi connectivity index (χ2v) is 19.0. The van der Waals surface area contributed by atoms with Gasteiger partial charge in [0.25, 0.3) is 0 Å². The van der Waals surface area contributed by atoms with E-state index in [0.29, 0.717) is 6.61 Å². The number of nitrogens with zero attached hydrogens (tertiary/aromatic N) is 2. The molecule has 154 valence electrons. The van der Waals surface area contributed by atoms with Crippen molar-refractivity contribution in [3.05, 3.63) is 60.2 Å². The van der Waals surface area contributed by atoms with Crippen LogP contribution in [0.4, 0.5) is 0 Å². The van der Waals surface area contributed by atoms with Crippen LogP contribution in [-0.4, -0.2) is 32.8 Å². The Balaban J connectivity index is 2.17. The third-order valence-corrected chi connectivity index (χ3v) is 10.4. The van der Waals surface area contributed by atoms with E-state index in [0.717, 1.165) is 18.0 Å². The Kier molecular flexibility index (Phi) is 7.12. The van der Waals surface area contributed by atoms with Crippen LogP contribution in [0.3, 0.4) is 0 Å². The average molecular weight is 417 g/mol. The third kappa shape index (κ3) is 6.76. The van der Waals surface area contributed by atoms with Crippen LogP contribution in [0.15, 0.2) is 48.9 Å². The molecule has 2 aromatic rings. The van der Waals surface area contributed by atoms with Crippen LogP contribution in [0.5, 0.6) is 0 Å². The number of benzene rings is 1. The van der Waals surface area contributed by atoms with Crippen molar-refractivity contribution in [2.45, 2.75) is 65.1 Å². The van der Waals surface area contributed by atoms with E-state index in [1.54, 1.807) is 0 Å². The molecule has 0 bridgehead atoms. The van der Waals surface area contributed by atoms with Crippen molar-refractivity contribution < 1.29 is 8.85 Å². The highest BCUT2D eigenvalue weighted by molar-refractivity contribution is 6.74. The Morgan fingerprint density at radius 2 is 1.71 bits per heavy atom. The van der Waals surface area contributed by atoms with E-state index in [1.807, 2.05) is 12.4 Å². The van der Waals surface area contributed by atoms with Crippen LogP contribution in [0.25, 0.3) is 5.76 Å². The second-order valence-electron chi connectivity index (χ2n) is 9.77. The SMILES string of the molecule is CC(C)(C)[Si](C)(C)OC/C=C(\O[Si](C)(C)C)c1cn(Cc2ccccc2)cn1. The zero-order chi connectivity index (χ0) is 21.0. The lowest BCUT2D eigenvalue weighted by Crippen LogP contribution is -2.40. The fourth-order valence-corrected chi connectivity index (χ4v) is 4.22. The van der Waals surface area contributed by atoms with Crippen molar-refractivity contribution in [2.75, 3.05) is 6.61 Å². The minimum Gasteiger partial charge on any atom is -0.543 e. The lowest BCUT2D eigenvalue weighted by Gasteiger charge is -2.35. The van der Waals surface area contributed by atoms with Gasteiger partial charge in [-0.3, -0.25) is 0 Å². The molecule has 0 fully saturated rings. The lowest BCUT2D eigenvalue weighted by atomic mass is 10.2. The van der Waals surface area contributed by atoms with Crippen molar-refractivity contribution in [1.82, 2.24) is 9.55 Å². The first-order chi connectivity index (χ1) is 12.9. The molecule has 1 aromatic heterocycles. The van der Waals surface area contributed by atoms with E-state index < -0.39 is 16.6 Å². The molecule has 0 saturated heterocycles. The zero-order valence-corrected chi connectivity index (χ0v) is 20.7. The number of hydrogen-bond donors (Lipinski definition) is 0. The normalized spacial score (nSPS) is 13.6. The molecule has 2 rings (SSSR count). The van der Waals surface area contributed by atoms with Crippen molar-refractivity contribution in [3.63, 3.8) is 0 Å². The summed E-state index contributed by atoms with van der Waals surface area (Å²) in [6.45, 7) is 19.2. The molecule has 0 atom stereocenters. The highest BCUT2D eigenvalue weighted by Gasteiger charge is 2.36. The monoisotopic (exact) mass is 416 g/mol. The minimum atomic E-state index is -1.79. The second kappa shape index (κ2) is 8.80. The molecular weight excluding hydrogens is 380 g/mol. The molecule has 6 heteroatoms. The quantitative estimate of drug-likeness (QED) is 0.383. The van der Waals surface area contributed by atoms with Crippen molar-refractivity contribution in [3.8, 4) is 0 Å². The summed E-state index contributed by atoms with van der Waals surface area (Å²) in [5.74, 6) is 0.838. The van der Waals surface area contributed by atoms with Crippen molar-refractivity contribution in [2.24, 2.45) is 0 Å². The van der Waals surface area contributed by atoms with E-state index in [4.69, 9.17) is 8.85 Å². The number of hydrogen-bond acceptors (Lipinski definition) is 3. The van der Waals surface area contributed by atoms with Gasteiger partial charge in [-0.05, 0) is 49.4 Å². The van der Waals surface area contributed by atoms with Gasteiger partial charge in [-0.2, -0.15) is 0 Å². The van der Waals surface area contributed by atoms with Gasteiger partial charge in [0.1, 0.15) is 11.5 Å². The molecule has 0 aliphatic rings. The Morgan fingerprint density at radius 1 is 1.07 bits per heavy atom. The predicted octanol–water partition coefficient (Wildman–Crippen LogP) is 6.15. The molecule has 0 N–H and O–H groups in total. The fraction of sp³-hybridized carbons (Fsp3) is 0.500. The first-order valence-corrected chi connectivity index (χ1v) is 16.3. The highest BCUT2D eigenvalue weighted by Crippen LogP contribution is 2.36. The zero-order valence-electron chi connectivity index (χ0n) is 18.7. The largest absolute Gasteiger partial charge is 0.543 e. The minimum absolute atomic E-state index is 0.192. The molecule has 0 unspecified atom stereocenters. The van der Waals surface area contributed by atoms with Crippen LogP contribution in [0.2, 0.25) is 37.8 Å². The molecule has 0 amide bonds. The average Bonchev–Trinajstić information content (AvgIpc) is 3.01. The van der Waals surface area contributed by atoms with Crippen LogP contribution >= 0.6 is 0 Å². The van der Waals surface area contributed by atoms with Gasteiger partial charge in [0, 0.05) is 12.7 Å². The van der Waals surface area contributed by atoms with E-state index in [-0.39, 0.29) is 5.04 Å². The predicted molar refractivity (Wildman–Crippen MR) is 123 cm³/mol. The van der Waals surface area contributed by atoms with Gasteiger partial charge in [-0.1, -0.05) is 51.1 Å². The van der Waals surface area contributed by atoms with Gasteiger partial charge in [0.05, 0.1) is 12.9 Å². The van der Waals surface area contributed by atoms with Gasteiger partial charge >= 0.3 is 0 Å². The highest BCUT2D eigenvalue weighted by atomic mass is 28.4. The topological polar surface area (TPSA) is 36.3 Å². The molecule has 0 aliphatic heterocycles. The summed E-state index contributed by atoms with van der Waals surface area (Å²) in [6.07, 6.45) is 6.00. The Labute approximate surface area is 172 Å². The molecule has 0 spiro atoms. The van der Waals surface area contributed by atoms with Crippen molar-refractivity contribution in [1.29, 1.82) is 0 Å². The summed E-state index contributed by atoms with van der Waals surface area (Å²) in [5.41, 5.74) is 2.13. The molecule has 28 heavy (non-hydrogen) atoms. The summed E-state index contributed by atoms with van der Waals surface area (Å²) in [5, 5.41) is 0.192. The fourth-order valence-electron chi connectivity index (χ4n) is 2.44. The van der Waals surface area contributed by atoms with Gasteiger partial charge < -0.3 is 13.4 Å². The van der Waals surface area contributed by atoms with Gasteiger partial charge in [-0.25, -0.2) is 4.98 Å². The third-order valence-electron chi connectivity index (χ3n) is 5.03. The van der Waals surface area contributed by atoms with Gasteiger partial charge in [0.15, 0.2) is 8.32 Å². The summed E-state index contributed by atoms with van der Waals surface area (Å²) >= 11 is 0. The summed E-state index contributed by atoms with van der Waals surface area (Å²) in [6, 6.07) is 10.4. The Bertz CT molecular complexity index is 785. The number of rotatable bonds is 8. The van der Waals surface area contributed by atoms with E-state index in [1.165, 1.54) is 5.56 Å². The first kappa shape index (κ1) is 22.7. The first-order valence-electron chi connectivity index (χ1n) is 9.97. The molecule has 1 heterocycles. The number of aromatic nitrogens is 2. The van der Waals surface area contributed by atoms with E-state index >= 15 is 0 Å². The van der Waals surface area contributed by atoms with E-state index in [9.17, 15) is 0 Å². The molecular formula is C22H36N2O2Si2. The standard InChI is InChI=1S/C22H36N2O2Si2/c1-22(2,3)28(7,8)25-15-14-21(26-27(4,5)6)20-17-24(18-23-20)16-19-12-10-9-11-13-19/h9-14,17-18H,15-16H2,1-8H3/b21-14-. The maximum atomic E-state index is 6.35. The maximum Gasteiger partial charge on any atom is 0.242 e. The summed E-state index contributed by atoms with van der Waals surface area (Å²) in [4.78, 5) is 4.61.